The normalized spacial score (nSPS) is 18.6. The standard InChI is InChI=1S/C14H18F2N2O3S.ClH/c1-17-11-3-2-8-18(9-11)13(19)10-4-6-12(7-5-10)22(20,21)14(15)16;/h4-7,11,14,17H,2-3,8-9H2,1H3;1H. The van der Waals surface area contributed by atoms with Crippen molar-refractivity contribution in [3.05, 3.63) is 29.8 Å². The molecule has 1 aliphatic rings. The van der Waals surface area contributed by atoms with Gasteiger partial charge < -0.3 is 10.2 Å². The molecule has 23 heavy (non-hydrogen) atoms. The van der Waals surface area contributed by atoms with E-state index in [9.17, 15) is 22.0 Å². The van der Waals surface area contributed by atoms with Crippen molar-refractivity contribution in [3.8, 4) is 0 Å². The molecule has 0 radical (unpaired) electrons. The number of benzene rings is 1. The highest BCUT2D eigenvalue weighted by Crippen LogP contribution is 2.20. The van der Waals surface area contributed by atoms with Gasteiger partial charge >= 0.3 is 5.76 Å². The highest BCUT2D eigenvalue weighted by atomic mass is 35.5. The summed E-state index contributed by atoms with van der Waals surface area (Å²) in [5, 5.41) is 3.13. The molecule has 0 saturated carbocycles. The quantitative estimate of drug-likeness (QED) is 0.881. The first-order valence-electron chi connectivity index (χ1n) is 6.95. The number of sulfone groups is 1. The Morgan fingerprint density at radius 2 is 1.91 bits per heavy atom. The molecule has 1 aromatic rings. The van der Waals surface area contributed by atoms with Gasteiger partial charge in [0.15, 0.2) is 0 Å². The Hall–Kier alpha value is -1.25. The van der Waals surface area contributed by atoms with Crippen LogP contribution in [-0.2, 0) is 9.84 Å². The largest absolute Gasteiger partial charge is 0.341 e. The summed E-state index contributed by atoms with van der Waals surface area (Å²) in [5.74, 6) is -3.69. The van der Waals surface area contributed by atoms with Gasteiger partial charge in [-0.05, 0) is 44.2 Å². The molecule has 0 aromatic heterocycles. The Labute approximate surface area is 140 Å². The molecule has 0 spiro atoms. The number of carbonyl (C=O) groups excluding carboxylic acids is 1. The van der Waals surface area contributed by atoms with E-state index in [0.717, 1.165) is 25.0 Å². The number of alkyl halides is 2. The predicted octanol–water partition coefficient (Wildman–Crippen LogP) is 1.93. The van der Waals surface area contributed by atoms with Crippen LogP contribution in [0, 0.1) is 0 Å². The third-order valence-corrected chi connectivity index (χ3v) is 5.18. The second-order valence-electron chi connectivity index (χ2n) is 5.21. The molecule has 1 saturated heterocycles. The Morgan fingerprint density at radius 1 is 1.30 bits per heavy atom. The molecule has 1 N–H and O–H groups in total. The summed E-state index contributed by atoms with van der Waals surface area (Å²) in [7, 11) is -2.79. The molecular formula is C14H19ClF2N2O3S. The van der Waals surface area contributed by atoms with Crippen LogP contribution in [0.4, 0.5) is 8.78 Å². The number of amides is 1. The van der Waals surface area contributed by atoms with Crippen molar-refractivity contribution in [2.24, 2.45) is 0 Å². The maximum absolute atomic E-state index is 12.5. The molecule has 2 rings (SSSR count). The van der Waals surface area contributed by atoms with Crippen LogP contribution in [0.2, 0.25) is 0 Å². The number of likely N-dealkylation sites (N-methyl/N-ethyl adjacent to an activating group) is 1. The van der Waals surface area contributed by atoms with Crippen LogP contribution < -0.4 is 5.32 Å². The third-order valence-electron chi connectivity index (χ3n) is 3.78. The summed E-state index contributed by atoms with van der Waals surface area (Å²) >= 11 is 0. The highest BCUT2D eigenvalue weighted by molar-refractivity contribution is 7.91. The van der Waals surface area contributed by atoms with Gasteiger partial charge in [-0.25, -0.2) is 8.42 Å². The molecule has 1 fully saturated rings. The monoisotopic (exact) mass is 368 g/mol. The van der Waals surface area contributed by atoms with Gasteiger partial charge in [-0.15, -0.1) is 12.4 Å². The molecular weight excluding hydrogens is 350 g/mol. The number of carbonyl (C=O) groups is 1. The van der Waals surface area contributed by atoms with E-state index in [0.29, 0.717) is 18.7 Å². The molecule has 1 aromatic carbocycles. The van der Waals surface area contributed by atoms with Gasteiger partial charge in [-0.2, -0.15) is 8.78 Å². The van der Waals surface area contributed by atoms with Crippen molar-refractivity contribution >= 4 is 28.2 Å². The first-order chi connectivity index (χ1) is 10.4. The van der Waals surface area contributed by atoms with Crippen molar-refractivity contribution in [3.63, 3.8) is 0 Å². The van der Waals surface area contributed by atoms with Crippen LogP contribution in [0.5, 0.6) is 0 Å². The van der Waals surface area contributed by atoms with Crippen LogP contribution >= 0.6 is 12.4 Å². The van der Waals surface area contributed by atoms with Gasteiger partial charge in [-0.3, -0.25) is 4.79 Å². The molecule has 1 unspecified atom stereocenters. The molecule has 0 aliphatic carbocycles. The van der Waals surface area contributed by atoms with Gasteiger partial charge in [-0.1, -0.05) is 0 Å². The molecule has 130 valence electrons. The lowest BCUT2D eigenvalue weighted by molar-refractivity contribution is 0.0698. The van der Waals surface area contributed by atoms with Gasteiger partial charge in [0.1, 0.15) is 0 Å². The Morgan fingerprint density at radius 3 is 2.43 bits per heavy atom. The van der Waals surface area contributed by atoms with Gasteiger partial charge in [0.25, 0.3) is 5.91 Å². The zero-order valence-corrected chi connectivity index (χ0v) is 14.2. The first-order valence-corrected chi connectivity index (χ1v) is 8.49. The van der Waals surface area contributed by atoms with Gasteiger partial charge in [0, 0.05) is 24.7 Å². The van der Waals surface area contributed by atoms with Crippen LogP contribution in [0.3, 0.4) is 0 Å². The SMILES string of the molecule is CNC1CCCN(C(=O)c2ccc(S(=O)(=O)C(F)F)cc2)C1.Cl. The first kappa shape index (κ1) is 19.8. The smallest absolute Gasteiger partial charge is 0.337 e. The van der Waals surface area contributed by atoms with Crippen LogP contribution in [0.15, 0.2) is 29.2 Å². The van der Waals surface area contributed by atoms with Crippen LogP contribution in [-0.4, -0.2) is 51.2 Å². The van der Waals surface area contributed by atoms with E-state index in [-0.39, 0.29) is 24.4 Å². The molecule has 1 amide bonds. The lowest BCUT2D eigenvalue weighted by Crippen LogP contribution is -2.46. The molecule has 1 aliphatic heterocycles. The summed E-state index contributed by atoms with van der Waals surface area (Å²) in [4.78, 5) is 13.6. The second-order valence-corrected chi connectivity index (χ2v) is 7.13. The van der Waals surface area contributed by atoms with E-state index in [1.165, 1.54) is 12.1 Å². The Balaban J connectivity index is 0.00000264. The van der Waals surface area contributed by atoms with Crippen molar-refractivity contribution in [1.82, 2.24) is 10.2 Å². The number of nitrogens with zero attached hydrogens (tertiary/aromatic N) is 1. The van der Waals surface area contributed by atoms with E-state index in [1.807, 2.05) is 7.05 Å². The second kappa shape index (κ2) is 8.03. The Kier molecular flexibility index (Phi) is 6.91. The number of hydrogen-bond acceptors (Lipinski definition) is 4. The number of halogens is 3. The lowest BCUT2D eigenvalue weighted by Gasteiger charge is -2.32. The molecule has 1 atom stereocenters. The number of hydrogen-bond donors (Lipinski definition) is 1. The van der Waals surface area contributed by atoms with E-state index in [1.54, 1.807) is 4.90 Å². The van der Waals surface area contributed by atoms with E-state index in [4.69, 9.17) is 0 Å². The predicted molar refractivity (Wildman–Crippen MR) is 84.9 cm³/mol. The van der Waals surface area contributed by atoms with E-state index < -0.39 is 20.5 Å². The third kappa shape index (κ3) is 4.39. The fourth-order valence-electron chi connectivity index (χ4n) is 2.47. The zero-order valence-electron chi connectivity index (χ0n) is 12.5. The van der Waals surface area contributed by atoms with Gasteiger partial charge in [0.05, 0.1) is 4.90 Å². The van der Waals surface area contributed by atoms with Crippen molar-refractivity contribution in [2.75, 3.05) is 20.1 Å². The fraction of sp³-hybridized carbons (Fsp3) is 0.500. The maximum Gasteiger partial charge on any atom is 0.341 e. The summed E-state index contributed by atoms with van der Waals surface area (Å²) in [6.45, 7) is 1.21. The minimum absolute atomic E-state index is 0. The van der Waals surface area contributed by atoms with Crippen LogP contribution in [0.25, 0.3) is 0 Å². The zero-order chi connectivity index (χ0) is 16.3. The summed E-state index contributed by atoms with van der Waals surface area (Å²) in [6, 6.07) is 4.89. The number of likely N-dealkylation sites (tertiary alicyclic amines) is 1. The average molecular weight is 369 g/mol. The highest BCUT2D eigenvalue weighted by Gasteiger charge is 2.27. The summed E-state index contributed by atoms with van der Waals surface area (Å²) in [5.41, 5.74) is 0.296. The van der Waals surface area contributed by atoms with Crippen molar-refractivity contribution in [1.29, 1.82) is 0 Å². The summed E-state index contributed by atoms with van der Waals surface area (Å²) in [6.07, 6.45) is 1.88. The van der Waals surface area contributed by atoms with Crippen LogP contribution in [0.1, 0.15) is 23.2 Å². The fourth-order valence-corrected chi connectivity index (χ4v) is 3.19. The van der Waals surface area contributed by atoms with E-state index >= 15 is 0 Å². The number of piperidine rings is 1. The van der Waals surface area contributed by atoms with Crippen molar-refractivity contribution < 1.29 is 22.0 Å². The lowest BCUT2D eigenvalue weighted by atomic mass is 10.0. The van der Waals surface area contributed by atoms with E-state index in [2.05, 4.69) is 5.32 Å². The average Bonchev–Trinajstić information content (AvgIpc) is 2.54. The van der Waals surface area contributed by atoms with Crippen molar-refractivity contribution in [2.45, 2.75) is 29.5 Å². The molecule has 1 heterocycles. The molecule has 9 heteroatoms. The minimum atomic E-state index is -4.63. The number of rotatable bonds is 4. The topological polar surface area (TPSA) is 66.5 Å². The molecule has 0 bridgehead atoms. The molecule has 5 nitrogen and oxygen atoms in total. The maximum atomic E-state index is 12.5. The van der Waals surface area contributed by atoms with Gasteiger partial charge in [0.2, 0.25) is 9.84 Å². The minimum Gasteiger partial charge on any atom is -0.337 e. The summed E-state index contributed by atoms with van der Waals surface area (Å²) < 4.78 is 47.6. The number of nitrogens with one attached hydrogen (secondary N) is 1. The Bertz CT molecular complexity index is 638.